The standard InChI is InChI=1S/C16H14F4N2O2/c17-12-6-2-4-8-14(12)24-10-9-21-15(23)22-13-7-3-1-5-11(13)16(18,19)20/h1-8H,9-10H2,(H2,21,22,23). The van der Waals surface area contributed by atoms with Crippen LogP contribution in [-0.2, 0) is 6.18 Å². The van der Waals surface area contributed by atoms with Crippen molar-refractivity contribution >= 4 is 11.7 Å². The molecule has 2 rings (SSSR count). The molecule has 0 atom stereocenters. The summed E-state index contributed by atoms with van der Waals surface area (Å²) in [4.78, 5) is 11.7. The van der Waals surface area contributed by atoms with Gasteiger partial charge >= 0.3 is 12.2 Å². The number of urea groups is 1. The smallest absolute Gasteiger partial charge is 0.418 e. The van der Waals surface area contributed by atoms with E-state index in [1.165, 1.54) is 30.3 Å². The van der Waals surface area contributed by atoms with Gasteiger partial charge in [-0.15, -0.1) is 0 Å². The van der Waals surface area contributed by atoms with Crippen LogP contribution < -0.4 is 15.4 Å². The Labute approximate surface area is 135 Å². The molecule has 2 aromatic carbocycles. The van der Waals surface area contributed by atoms with Crippen molar-refractivity contribution in [2.24, 2.45) is 0 Å². The minimum atomic E-state index is -4.57. The third-order valence-electron chi connectivity index (χ3n) is 2.96. The molecule has 0 saturated carbocycles. The summed E-state index contributed by atoms with van der Waals surface area (Å²) < 4.78 is 56.8. The van der Waals surface area contributed by atoms with Gasteiger partial charge in [-0.3, -0.25) is 0 Å². The van der Waals surface area contributed by atoms with Gasteiger partial charge in [0.05, 0.1) is 17.8 Å². The Morgan fingerprint density at radius 3 is 2.42 bits per heavy atom. The van der Waals surface area contributed by atoms with Crippen molar-refractivity contribution in [3.63, 3.8) is 0 Å². The number of rotatable bonds is 5. The SMILES string of the molecule is O=C(NCCOc1ccccc1F)Nc1ccccc1C(F)(F)F. The first-order valence-electron chi connectivity index (χ1n) is 6.96. The highest BCUT2D eigenvalue weighted by Crippen LogP contribution is 2.34. The molecule has 0 bridgehead atoms. The molecular weight excluding hydrogens is 328 g/mol. The van der Waals surface area contributed by atoms with Crippen molar-refractivity contribution in [3.05, 3.63) is 59.9 Å². The molecular formula is C16H14F4N2O2. The van der Waals surface area contributed by atoms with E-state index in [0.717, 1.165) is 12.1 Å². The molecule has 0 aliphatic rings. The number of amides is 2. The van der Waals surface area contributed by atoms with Crippen LogP contribution in [0.3, 0.4) is 0 Å². The molecule has 2 N–H and O–H groups in total. The highest BCUT2D eigenvalue weighted by Gasteiger charge is 2.33. The van der Waals surface area contributed by atoms with Gasteiger partial charge in [-0.05, 0) is 24.3 Å². The topological polar surface area (TPSA) is 50.4 Å². The second kappa shape index (κ2) is 7.67. The van der Waals surface area contributed by atoms with E-state index in [1.807, 2.05) is 0 Å². The van der Waals surface area contributed by atoms with Crippen molar-refractivity contribution in [2.75, 3.05) is 18.5 Å². The molecule has 24 heavy (non-hydrogen) atoms. The molecule has 0 radical (unpaired) electrons. The zero-order chi connectivity index (χ0) is 17.6. The lowest BCUT2D eigenvalue weighted by Gasteiger charge is -2.14. The second-order valence-corrected chi connectivity index (χ2v) is 4.70. The first-order chi connectivity index (χ1) is 11.4. The van der Waals surface area contributed by atoms with E-state index < -0.39 is 23.6 Å². The van der Waals surface area contributed by atoms with Crippen LogP contribution in [-0.4, -0.2) is 19.2 Å². The number of carbonyl (C=O) groups is 1. The van der Waals surface area contributed by atoms with Crippen molar-refractivity contribution in [2.45, 2.75) is 6.18 Å². The van der Waals surface area contributed by atoms with Gasteiger partial charge in [0.15, 0.2) is 11.6 Å². The van der Waals surface area contributed by atoms with Gasteiger partial charge in [-0.25, -0.2) is 9.18 Å². The number of carbonyl (C=O) groups excluding carboxylic acids is 1. The van der Waals surface area contributed by atoms with E-state index in [9.17, 15) is 22.4 Å². The van der Waals surface area contributed by atoms with E-state index >= 15 is 0 Å². The Balaban J connectivity index is 1.83. The molecule has 128 valence electrons. The molecule has 2 amide bonds. The Hall–Kier alpha value is -2.77. The second-order valence-electron chi connectivity index (χ2n) is 4.70. The number of nitrogens with one attached hydrogen (secondary N) is 2. The van der Waals surface area contributed by atoms with Crippen LogP contribution in [0.25, 0.3) is 0 Å². The number of anilines is 1. The van der Waals surface area contributed by atoms with Crippen molar-refractivity contribution in [3.8, 4) is 5.75 Å². The number of hydrogen-bond acceptors (Lipinski definition) is 2. The maximum absolute atomic E-state index is 13.3. The van der Waals surface area contributed by atoms with Gasteiger partial charge < -0.3 is 15.4 Å². The van der Waals surface area contributed by atoms with Crippen LogP contribution in [0.5, 0.6) is 5.75 Å². The summed E-state index contributed by atoms with van der Waals surface area (Å²) in [7, 11) is 0. The Bertz CT molecular complexity index is 704. The summed E-state index contributed by atoms with van der Waals surface area (Å²) >= 11 is 0. The summed E-state index contributed by atoms with van der Waals surface area (Å²) in [6.07, 6.45) is -4.57. The lowest BCUT2D eigenvalue weighted by atomic mass is 10.1. The van der Waals surface area contributed by atoms with Crippen molar-refractivity contribution in [1.29, 1.82) is 0 Å². The number of hydrogen-bond donors (Lipinski definition) is 2. The predicted molar refractivity (Wildman–Crippen MR) is 80.4 cm³/mol. The van der Waals surface area contributed by atoms with Crippen LogP contribution in [0.1, 0.15) is 5.56 Å². The molecule has 8 heteroatoms. The van der Waals surface area contributed by atoms with E-state index in [4.69, 9.17) is 4.74 Å². The summed E-state index contributed by atoms with van der Waals surface area (Å²) in [5, 5.41) is 4.46. The highest BCUT2D eigenvalue weighted by molar-refractivity contribution is 5.90. The lowest BCUT2D eigenvalue weighted by molar-refractivity contribution is -0.136. The van der Waals surface area contributed by atoms with Crippen LogP contribution in [0, 0.1) is 5.82 Å². The van der Waals surface area contributed by atoms with Gasteiger partial charge in [0.25, 0.3) is 0 Å². The normalized spacial score (nSPS) is 11.0. The minimum absolute atomic E-state index is 0.00560. The Morgan fingerprint density at radius 2 is 1.71 bits per heavy atom. The van der Waals surface area contributed by atoms with Crippen LogP contribution in [0.2, 0.25) is 0 Å². The highest BCUT2D eigenvalue weighted by atomic mass is 19.4. The molecule has 0 aromatic heterocycles. The summed E-state index contributed by atoms with van der Waals surface area (Å²) in [5.41, 5.74) is -1.29. The van der Waals surface area contributed by atoms with Gasteiger partial charge in [-0.2, -0.15) is 13.2 Å². The van der Waals surface area contributed by atoms with Crippen LogP contribution in [0.4, 0.5) is 28.0 Å². The van der Waals surface area contributed by atoms with Crippen molar-refractivity contribution < 1.29 is 27.1 Å². The average molecular weight is 342 g/mol. The third kappa shape index (κ3) is 4.87. The van der Waals surface area contributed by atoms with Crippen molar-refractivity contribution in [1.82, 2.24) is 5.32 Å². The lowest BCUT2D eigenvalue weighted by Crippen LogP contribution is -2.32. The van der Waals surface area contributed by atoms with E-state index in [0.29, 0.717) is 0 Å². The summed E-state index contributed by atoms with van der Waals surface area (Å²) in [6.45, 7) is -0.0381. The quantitative estimate of drug-likeness (QED) is 0.636. The molecule has 0 heterocycles. The Morgan fingerprint density at radius 1 is 1.04 bits per heavy atom. The Kier molecular flexibility index (Phi) is 5.62. The number of para-hydroxylation sites is 2. The number of benzene rings is 2. The number of halogens is 4. The molecule has 0 unspecified atom stereocenters. The van der Waals surface area contributed by atoms with E-state index in [2.05, 4.69) is 10.6 Å². The first kappa shape index (κ1) is 17.6. The third-order valence-corrected chi connectivity index (χ3v) is 2.96. The molecule has 0 spiro atoms. The maximum Gasteiger partial charge on any atom is 0.418 e. The first-order valence-corrected chi connectivity index (χ1v) is 6.96. The van der Waals surface area contributed by atoms with Gasteiger partial charge in [-0.1, -0.05) is 24.3 Å². The predicted octanol–water partition coefficient (Wildman–Crippen LogP) is 4.05. The average Bonchev–Trinajstić information content (AvgIpc) is 2.52. The fraction of sp³-hybridized carbons (Fsp3) is 0.188. The molecule has 2 aromatic rings. The molecule has 0 aliphatic carbocycles. The van der Waals surface area contributed by atoms with E-state index in [-0.39, 0.29) is 24.6 Å². The van der Waals surface area contributed by atoms with Crippen LogP contribution in [0.15, 0.2) is 48.5 Å². The van der Waals surface area contributed by atoms with Crippen LogP contribution >= 0.6 is 0 Å². The maximum atomic E-state index is 13.3. The molecule has 4 nitrogen and oxygen atoms in total. The summed E-state index contributed by atoms with van der Waals surface area (Å²) in [6, 6.07) is 9.57. The number of ether oxygens (including phenoxy) is 1. The number of alkyl halides is 3. The molecule has 0 fully saturated rings. The zero-order valence-corrected chi connectivity index (χ0v) is 12.4. The van der Waals surface area contributed by atoms with Gasteiger partial charge in [0.1, 0.15) is 6.61 Å². The van der Waals surface area contributed by atoms with E-state index in [1.54, 1.807) is 6.07 Å². The molecule has 0 saturated heterocycles. The fourth-order valence-electron chi connectivity index (χ4n) is 1.89. The zero-order valence-electron chi connectivity index (χ0n) is 12.4. The minimum Gasteiger partial charge on any atom is -0.489 e. The monoisotopic (exact) mass is 342 g/mol. The molecule has 0 aliphatic heterocycles. The summed E-state index contributed by atoms with van der Waals surface area (Å²) in [5.74, 6) is -0.511. The van der Waals surface area contributed by atoms with Gasteiger partial charge in [0, 0.05) is 0 Å². The largest absolute Gasteiger partial charge is 0.489 e. The fourth-order valence-corrected chi connectivity index (χ4v) is 1.89. The van der Waals surface area contributed by atoms with Gasteiger partial charge in [0.2, 0.25) is 0 Å².